The highest BCUT2D eigenvalue weighted by molar-refractivity contribution is 9.10. The van der Waals surface area contributed by atoms with E-state index in [0.717, 1.165) is 27.2 Å². The van der Waals surface area contributed by atoms with Crippen molar-refractivity contribution < 1.29 is 14.3 Å². The number of carbonyl (C=O) groups excluding carboxylic acids is 1. The van der Waals surface area contributed by atoms with Crippen molar-refractivity contribution >= 4 is 38.3 Å². The van der Waals surface area contributed by atoms with Crippen molar-refractivity contribution in [1.29, 1.82) is 0 Å². The average Bonchev–Trinajstić information content (AvgIpc) is 3.21. The molecule has 0 aliphatic heterocycles. The van der Waals surface area contributed by atoms with Gasteiger partial charge in [0, 0.05) is 17.4 Å². The Hall–Kier alpha value is -2.38. The van der Waals surface area contributed by atoms with Crippen LogP contribution in [-0.4, -0.2) is 24.1 Å². The summed E-state index contributed by atoms with van der Waals surface area (Å²) in [6, 6.07) is 13.9. The number of halogens is 1. The Morgan fingerprint density at radius 1 is 1.16 bits per heavy atom. The first-order valence-corrected chi connectivity index (χ1v) is 12.0. The molecule has 0 fully saturated rings. The molecule has 1 aromatic heterocycles. The van der Waals surface area contributed by atoms with E-state index < -0.39 is 0 Å². The molecule has 0 spiro atoms. The van der Waals surface area contributed by atoms with Crippen LogP contribution in [0, 0.1) is 0 Å². The van der Waals surface area contributed by atoms with E-state index in [-0.39, 0.29) is 5.91 Å². The molecule has 0 unspecified atom stereocenters. The number of carbonyl (C=O) groups is 1. The SMILES string of the molecule is CCOc1ccc(-c2csc(NC(=O)CCCOc3ccc(C(C)C)cc3Br)n2)cc1. The van der Waals surface area contributed by atoms with Crippen molar-refractivity contribution in [2.45, 2.75) is 39.5 Å². The highest BCUT2D eigenvalue weighted by Crippen LogP contribution is 2.29. The summed E-state index contributed by atoms with van der Waals surface area (Å²) < 4.78 is 12.2. The lowest BCUT2D eigenvalue weighted by Gasteiger charge is -2.11. The van der Waals surface area contributed by atoms with E-state index in [1.807, 2.05) is 42.6 Å². The molecule has 0 aliphatic rings. The van der Waals surface area contributed by atoms with Gasteiger partial charge in [0.1, 0.15) is 11.5 Å². The Kier molecular flexibility index (Phi) is 8.49. The summed E-state index contributed by atoms with van der Waals surface area (Å²) in [5.74, 6) is 2.03. The number of hydrogen-bond donors (Lipinski definition) is 1. The summed E-state index contributed by atoms with van der Waals surface area (Å²) in [4.78, 5) is 16.8. The molecule has 1 N–H and O–H groups in total. The van der Waals surface area contributed by atoms with Crippen molar-refractivity contribution in [3.8, 4) is 22.8 Å². The Morgan fingerprint density at radius 2 is 1.94 bits per heavy atom. The van der Waals surface area contributed by atoms with Crippen molar-refractivity contribution in [3.05, 3.63) is 57.9 Å². The quantitative estimate of drug-likeness (QED) is 0.306. The van der Waals surface area contributed by atoms with Gasteiger partial charge in [-0.2, -0.15) is 0 Å². The molecular weight excluding hydrogens is 476 g/mol. The number of anilines is 1. The number of rotatable bonds is 10. The summed E-state index contributed by atoms with van der Waals surface area (Å²) >= 11 is 4.97. The van der Waals surface area contributed by atoms with Crippen molar-refractivity contribution in [1.82, 2.24) is 4.98 Å². The second-order valence-corrected chi connectivity index (χ2v) is 9.05. The standard InChI is InChI=1S/C24H27BrN2O3S/c1-4-29-19-10-7-17(8-11-19)21-15-31-24(26-21)27-23(28)6-5-13-30-22-12-9-18(16(2)3)14-20(22)25/h7-12,14-16H,4-6,13H2,1-3H3,(H,26,27,28). The smallest absolute Gasteiger partial charge is 0.226 e. The van der Waals surface area contributed by atoms with E-state index >= 15 is 0 Å². The Bertz CT molecular complexity index is 1000. The Labute approximate surface area is 195 Å². The van der Waals surface area contributed by atoms with Gasteiger partial charge >= 0.3 is 0 Å². The van der Waals surface area contributed by atoms with Crippen LogP contribution in [0.25, 0.3) is 11.3 Å². The molecule has 0 radical (unpaired) electrons. The summed E-state index contributed by atoms with van der Waals surface area (Å²) in [6.07, 6.45) is 1.00. The largest absolute Gasteiger partial charge is 0.494 e. The molecule has 1 heterocycles. The van der Waals surface area contributed by atoms with Crippen LogP contribution in [-0.2, 0) is 4.79 Å². The fourth-order valence-corrected chi connectivity index (χ4v) is 4.19. The fourth-order valence-electron chi connectivity index (χ4n) is 2.94. The first-order chi connectivity index (χ1) is 15.0. The van der Waals surface area contributed by atoms with Gasteiger partial charge in [-0.25, -0.2) is 4.98 Å². The van der Waals surface area contributed by atoms with Crippen LogP contribution in [0.15, 0.2) is 52.3 Å². The van der Waals surface area contributed by atoms with Crippen LogP contribution in [0.5, 0.6) is 11.5 Å². The average molecular weight is 503 g/mol. The molecule has 7 heteroatoms. The number of benzene rings is 2. The zero-order valence-electron chi connectivity index (χ0n) is 18.0. The molecule has 0 bridgehead atoms. The van der Waals surface area contributed by atoms with Crippen LogP contribution in [0.3, 0.4) is 0 Å². The van der Waals surface area contributed by atoms with Gasteiger partial charge in [-0.05, 0) is 77.2 Å². The second-order valence-electron chi connectivity index (χ2n) is 7.34. The second kappa shape index (κ2) is 11.3. The van der Waals surface area contributed by atoms with Crippen LogP contribution in [0.4, 0.5) is 5.13 Å². The minimum Gasteiger partial charge on any atom is -0.494 e. The number of nitrogens with zero attached hydrogens (tertiary/aromatic N) is 1. The first-order valence-electron chi connectivity index (χ1n) is 10.4. The third-order valence-corrected chi connectivity index (χ3v) is 6.02. The minimum absolute atomic E-state index is 0.0644. The van der Waals surface area contributed by atoms with E-state index in [4.69, 9.17) is 9.47 Å². The van der Waals surface area contributed by atoms with Crippen molar-refractivity contribution in [3.63, 3.8) is 0 Å². The van der Waals surface area contributed by atoms with E-state index in [2.05, 4.69) is 52.2 Å². The van der Waals surface area contributed by atoms with E-state index in [1.54, 1.807) is 0 Å². The van der Waals surface area contributed by atoms with Crippen LogP contribution in [0.2, 0.25) is 0 Å². The summed E-state index contributed by atoms with van der Waals surface area (Å²) in [6.45, 7) is 7.38. The summed E-state index contributed by atoms with van der Waals surface area (Å²) in [7, 11) is 0. The van der Waals surface area contributed by atoms with Gasteiger partial charge < -0.3 is 14.8 Å². The van der Waals surface area contributed by atoms with Gasteiger partial charge in [-0.15, -0.1) is 11.3 Å². The lowest BCUT2D eigenvalue weighted by molar-refractivity contribution is -0.116. The van der Waals surface area contributed by atoms with Gasteiger partial charge in [0.15, 0.2) is 5.13 Å². The molecule has 3 rings (SSSR count). The number of amides is 1. The number of hydrogen-bond acceptors (Lipinski definition) is 5. The third-order valence-electron chi connectivity index (χ3n) is 4.64. The van der Waals surface area contributed by atoms with Gasteiger partial charge in [0.05, 0.1) is 23.4 Å². The van der Waals surface area contributed by atoms with Crippen LogP contribution in [0.1, 0.15) is 45.1 Å². The summed E-state index contributed by atoms with van der Waals surface area (Å²) in [5, 5.41) is 5.41. The maximum Gasteiger partial charge on any atom is 0.226 e. The van der Waals surface area contributed by atoms with Gasteiger partial charge in [-0.3, -0.25) is 4.79 Å². The normalized spacial score (nSPS) is 10.9. The van der Waals surface area contributed by atoms with E-state index in [1.165, 1.54) is 16.9 Å². The molecule has 164 valence electrons. The van der Waals surface area contributed by atoms with Crippen molar-refractivity contribution in [2.24, 2.45) is 0 Å². The predicted molar refractivity (Wildman–Crippen MR) is 130 cm³/mol. The maximum absolute atomic E-state index is 12.2. The first kappa shape index (κ1) is 23.3. The number of ether oxygens (including phenoxy) is 2. The molecule has 5 nitrogen and oxygen atoms in total. The number of aromatic nitrogens is 1. The third kappa shape index (κ3) is 6.80. The van der Waals surface area contributed by atoms with Crippen LogP contribution < -0.4 is 14.8 Å². The molecule has 0 saturated carbocycles. The summed E-state index contributed by atoms with van der Waals surface area (Å²) in [5.41, 5.74) is 3.08. The molecule has 31 heavy (non-hydrogen) atoms. The van der Waals surface area contributed by atoms with Gasteiger partial charge in [0.2, 0.25) is 5.91 Å². The van der Waals surface area contributed by atoms with Crippen LogP contribution >= 0.6 is 27.3 Å². The zero-order chi connectivity index (χ0) is 22.2. The predicted octanol–water partition coefficient (Wildman–Crippen LogP) is 6.89. The molecule has 0 atom stereocenters. The molecule has 1 amide bonds. The lowest BCUT2D eigenvalue weighted by atomic mass is 10.0. The molecule has 2 aromatic carbocycles. The van der Waals surface area contributed by atoms with Gasteiger partial charge in [0.25, 0.3) is 0 Å². The minimum atomic E-state index is -0.0644. The number of thiazole rings is 1. The Balaban J connectivity index is 1.44. The molecule has 3 aromatic rings. The monoisotopic (exact) mass is 502 g/mol. The van der Waals surface area contributed by atoms with E-state index in [0.29, 0.717) is 37.1 Å². The maximum atomic E-state index is 12.2. The molecule has 0 saturated heterocycles. The topological polar surface area (TPSA) is 60.5 Å². The molecular formula is C24H27BrN2O3S. The van der Waals surface area contributed by atoms with Gasteiger partial charge in [-0.1, -0.05) is 19.9 Å². The van der Waals surface area contributed by atoms with E-state index in [9.17, 15) is 4.79 Å². The Morgan fingerprint density at radius 3 is 2.61 bits per heavy atom. The fraction of sp³-hybridized carbons (Fsp3) is 0.333. The zero-order valence-corrected chi connectivity index (χ0v) is 20.4. The lowest BCUT2D eigenvalue weighted by Crippen LogP contribution is -2.12. The highest BCUT2D eigenvalue weighted by atomic mass is 79.9. The highest BCUT2D eigenvalue weighted by Gasteiger charge is 2.10. The van der Waals surface area contributed by atoms with Crippen molar-refractivity contribution in [2.75, 3.05) is 18.5 Å². The molecule has 0 aliphatic carbocycles. The number of nitrogens with one attached hydrogen (secondary N) is 1.